The first kappa shape index (κ1) is 15.5. The second-order valence-corrected chi connectivity index (χ2v) is 12.1. The van der Waals surface area contributed by atoms with Crippen LogP contribution in [0.1, 0.15) is 5.56 Å². The van der Waals surface area contributed by atoms with Crippen molar-refractivity contribution in [1.82, 2.24) is 4.98 Å². The van der Waals surface area contributed by atoms with Crippen molar-refractivity contribution >= 4 is 29.4 Å². The molecule has 126 valence electrons. The minimum Gasteiger partial charge on any atom is -0.247 e. The van der Waals surface area contributed by atoms with E-state index in [9.17, 15) is 0 Å². The lowest BCUT2D eigenvalue weighted by Crippen LogP contribution is -2.49. The standard InChI is InChI=1S/C24H21NSi/c1-16-9-8-10-17(15-16)23-22-19-12-5-7-14-21(19)26(2,3)24(22)18-11-4-6-13-20(18)25-23/h4-15H,1-3H3. The van der Waals surface area contributed by atoms with Gasteiger partial charge in [-0.05, 0) is 35.0 Å². The number of aryl methyl sites for hydroxylation is 1. The van der Waals surface area contributed by atoms with Crippen molar-refractivity contribution in [2.45, 2.75) is 20.0 Å². The van der Waals surface area contributed by atoms with Crippen LogP contribution in [-0.2, 0) is 0 Å². The number of pyridine rings is 1. The molecule has 0 fully saturated rings. The van der Waals surface area contributed by atoms with E-state index in [1.807, 2.05) is 0 Å². The quantitative estimate of drug-likeness (QED) is 0.439. The fourth-order valence-corrected chi connectivity index (χ4v) is 7.93. The molecule has 1 nitrogen and oxygen atoms in total. The Kier molecular flexibility index (Phi) is 3.22. The first-order chi connectivity index (χ1) is 12.6. The molecule has 0 bridgehead atoms. The van der Waals surface area contributed by atoms with Crippen molar-refractivity contribution in [3.8, 4) is 22.4 Å². The van der Waals surface area contributed by atoms with Gasteiger partial charge in [0, 0.05) is 16.5 Å². The predicted molar refractivity (Wildman–Crippen MR) is 114 cm³/mol. The summed E-state index contributed by atoms with van der Waals surface area (Å²) in [4.78, 5) is 5.14. The van der Waals surface area contributed by atoms with E-state index >= 15 is 0 Å². The van der Waals surface area contributed by atoms with E-state index < -0.39 is 8.07 Å². The highest BCUT2D eigenvalue weighted by molar-refractivity contribution is 7.05. The molecule has 2 heterocycles. The van der Waals surface area contributed by atoms with Crippen molar-refractivity contribution < 1.29 is 0 Å². The number of rotatable bonds is 1. The Balaban J connectivity index is 1.99. The second kappa shape index (κ2) is 5.39. The van der Waals surface area contributed by atoms with Crippen LogP contribution in [0.2, 0.25) is 13.1 Å². The van der Waals surface area contributed by atoms with Crippen LogP contribution < -0.4 is 10.4 Å². The van der Waals surface area contributed by atoms with Gasteiger partial charge in [-0.1, -0.05) is 79.3 Å². The number of benzene rings is 3. The van der Waals surface area contributed by atoms with Crippen LogP contribution in [0.15, 0.2) is 72.8 Å². The van der Waals surface area contributed by atoms with E-state index in [0.29, 0.717) is 0 Å². The van der Waals surface area contributed by atoms with Crippen molar-refractivity contribution in [3.05, 3.63) is 78.4 Å². The monoisotopic (exact) mass is 351 g/mol. The Labute approximate surface area is 155 Å². The molecule has 2 heteroatoms. The molecule has 0 spiro atoms. The summed E-state index contributed by atoms with van der Waals surface area (Å²) in [6, 6.07) is 26.3. The first-order valence-corrected chi connectivity index (χ1v) is 12.2. The normalized spacial score (nSPS) is 14.3. The first-order valence-electron chi connectivity index (χ1n) is 9.17. The van der Waals surface area contributed by atoms with E-state index in [2.05, 4.69) is 92.8 Å². The minimum absolute atomic E-state index is 1.11. The molecule has 5 rings (SSSR count). The lowest BCUT2D eigenvalue weighted by molar-refractivity contribution is 1.39. The summed E-state index contributed by atoms with van der Waals surface area (Å²) >= 11 is 0. The zero-order valence-corrected chi connectivity index (χ0v) is 16.4. The maximum Gasteiger partial charge on any atom is 0.114 e. The Morgan fingerprint density at radius 3 is 2.42 bits per heavy atom. The Bertz CT molecular complexity index is 1170. The smallest absolute Gasteiger partial charge is 0.114 e. The molecular formula is C24H21NSi. The van der Waals surface area contributed by atoms with Gasteiger partial charge in [-0.2, -0.15) is 0 Å². The van der Waals surface area contributed by atoms with Crippen molar-refractivity contribution in [3.63, 3.8) is 0 Å². The van der Waals surface area contributed by atoms with Gasteiger partial charge in [-0.15, -0.1) is 0 Å². The number of nitrogens with zero attached hydrogens (tertiary/aromatic N) is 1. The number of para-hydroxylation sites is 1. The van der Waals surface area contributed by atoms with Crippen LogP contribution in [0.25, 0.3) is 33.3 Å². The Morgan fingerprint density at radius 1 is 0.808 bits per heavy atom. The maximum atomic E-state index is 5.14. The van der Waals surface area contributed by atoms with Gasteiger partial charge in [0.05, 0.1) is 11.2 Å². The van der Waals surface area contributed by atoms with Crippen LogP contribution >= 0.6 is 0 Å². The summed E-state index contributed by atoms with van der Waals surface area (Å²) < 4.78 is 0. The summed E-state index contributed by atoms with van der Waals surface area (Å²) in [7, 11) is -1.76. The van der Waals surface area contributed by atoms with Gasteiger partial charge in [-0.3, -0.25) is 0 Å². The van der Waals surface area contributed by atoms with Gasteiger partial charge >= 0.3 is 0 Å². The molecule has 0 radical (unpaired) electrons. The average molecular weight is 352 g/mol. The average Bonchev–Trinajstić information content (AvgIpc) is 2.90. The molecule has 26 heavy (non-hydrogen) atoms. The third kappa shape index (κ3) is 2.06. The van der Waals surface area contributed by atoms with Crippen molar-refractivity contribution in [1.29, 1.82) is 0 Å². The number of hydrogen-bond donors (Lipinski definition) is 0. The van der Waals surface area contributed by atoms with E-state index in [0.717, 1.165) is 11.2 Å². The van der Waals surface area contributed by atoms with Crippen LogP contribution in [0.4, 0.5) is 0 Å². The fourth-order valence-electron chi connectivity index (χ4n) is 4.51. The van der Waals surface area contributed by atoms with E-state index in [-0.39, 0.29) is 0 Å². The lowest BCUT2D eigenvalue weighted by atomic mass is 9.97. The molecule has 0 aliphatic carbocycles. The highest BCUT2D eigenvalue weighted by Gasteiger charge is 2.40. The summed E-state index contributed by atoms with van der Waals surface area (Å²) in [5.74, 6) is 0. The van der Waals surface area contributed by atoms with Crippen molar-refractivity contribution in [2.75, 3.05) is 0 Å². The molecule has 1 aliphatic heterocycles. The molecule has 4 aromatic rings. The van der Waals surface area contributed by atoms with Crippen molar-refractivity contribution in [2.24, 2.45) is 0 Å². The zero-order valence-electron chi connectivity index (χ0n) is 15.4. The number of hydrogen-bond acceptors (Lipinski definition) is 1. The third-order valence-corrected chi connectivity index (χ3v) is 9.23. The van der Waals surface area contributed by atoms with Crippen LogP contribution in [0.3, 0.4) is 0 Å². The third-order valence-electron chi connectivity index (χ3n) is 5.68. The lowest BCUT2D eigenvalue weighted by Gasteiger charge is -2.21. The van der Waals surface area contributed by atoms with Gasteiger partial charge in [0.1, 0.15) is 8.07 Å². The van der Waals surface area contributed by atoms with E-state index in [1.54, 1.807) is 5.19 Å². The van der Waals surface area contributed by atoms with E-state index in [1.165, 1.54) is 32.8 Å². The highest BCUT2D eigenvalue weighted by atomic mass is 28.3. The van der Waals surface area contributed by atoms with Crippen LogP contribution in [0, 0.1) is 6.92 Å². The largest absolute Gasteiger partial charge is 0.247 e. The summed E-state index contributed by atoms with van der Waals surface area (Å²) in [6.07, 6.45) is 0. The number of fused-ring (bicyclic) bond motifs is 5. The van der Waals surface area contributed by atoms with Gasteiger partial charge in [0.25, 0.3) is 0 Å². The summed E-state index contributed by atoms with van der Waals surface area (Å²) in [6.45, 7) is 7.10. The molecule has 0 N–H and O–H groups in total. The molecule has 0 atom stereocenters. The van der Waals surface area contributed by atoms with E-state index in [4.69, 9.17) is 4.98 Å². The predicted octanol–water partition coefficient (Wildman–Crippen LogP) is 5.01. The zero-order chi connectivity index (χ0) is 17.9. The molecular weight excluding hydrogens is 330 g/mol. The molecule has 3 aromatic carbocycles. The fraction of sp³-hybridized carbons (Fsp3) is 0.125. The highest BCUT2D eigenvalue weighted by Crippen LogP contribution is 2.38. The molecule has 0 saturated heterocycles. The topological polar surface area (TPSA) is 12.9 Å². The Hall–Kier alpha value is -2.71. The Morgan fingerprint density at radius 2 is 1.58 bits per heavy atom. The van der Waals surface area contributed by atoms with Crippen LogP contribution in [0.5, 0.6) is 0 Å². The van der Waals surface area contributed by atoms with Gasteiger partial charge in [-0.25, -0.2) is 4.98 Å². The maximum absolute atomic E-state index is 5.14. The van der Waals surface area contributed by atoms with Crippen LogP contribution in [-0.4, -0.2) is 13.1 Å². The van der Waals surface area contributed by atoms with Gasteiger partial charge < -0.3 is 0 Å². The van der Waals surface area contributed by atoms with Gasteiger partial charge in [0.15, 0.2) is 0 Å². The molecule has 1 aliphatic rings. The molecule has 0 amide bonds. The van der Waals surface area contributed by atoms with Gasteiger partial charge in [0.2, 0.25) is 0 Å². The molecule has 1 aromatic heterocycles. The number of aromatic nitrogens is 1. The summed E-state index contributed by atoms with van der Waals surface area (Å²) in [5, 5.41) is 4.40. The second-order valence-electron chi connectivity index (χ2n) is 7.77. The SMILES string of the molecule is Cc1cccc(-c2nc3ccccc3c3c2-c2ccccc2[Si]3(C)C)c1. The molecule has 0 saturated carbocycles. The molecule has 0 unspecified atom stereocenters. The minimum atomic E-state index is -1.76. The summed E-state index contributed by atoms with van der Waals surface area (Å²) in [5.41, 5.74) is 7.47.